The minimum Gasteiger partial charge on any atom is -0.458 e. The van der Waals surface area contributed by atoms with Crippen LogP contribution in [0.4, 0.5) is 0 Å². The summed E-state index contributed by atoms with van der Waals surface area (Å²) in [5.74, 6) is -0.592. The van der Waals surface area contributed by atoms with Crippen molar-refractivity contribution in [2.45, 2.75) is 52.7 Å². The highest BCUT2D eigenvalue weighted by Crippen LogP contribution is 2.16. The fraction of sp³-hybridized carbons (Fsp3) is 0.600. The Bertz CT molecular complexity index is 448. The number of carbonyl (C=O) groups excluding carboxylic acids is 2. The van der Waals surface area contributed by atoms with E-state index in [1.807, 2.05) is 40.0 Å². The molecule has 0 bridgehead atoms. The lowest BCUT2D eigenvalue weighted by Crippen LogP contribution is -2.47. The fourth-order valence-electron chi connectivity index (χ4n) is 1.65. The maximum Gasteiger partial charge on any atom is 0.329 e. The molecule has 20 heavy (non-hydrogen) atoms. The molecule has 1 aromatic heterocycles. The maximum absolute atomic E-state index is 12.2. The van der Waals surface area contributed by atoms with Crippen LogP contribution in [0, 0.1) is 5.92 Å². The Morgan fingerprint density at radius 3 is 2.50 bits per heavy atom. The van der Waals surface area contributed by atoms with Crippen LogP contribution in [0.5, 0.6) is 0 Å². The molecule has 1 N–H and O–H groups in total. The Balaban J connectivity index is 2.79. The van der Waals surface area contributed by atoms with E-state index in [9.17, 15) is 9.59 Å². The molecular weight excluding hydrogens is 274 g/mol. The van der Waals surface area contributed by atoms with Crippen LogP contribution in [0.2, 0.25) is 0 Å². The molecule has 0 aliphatic rings. The van der Waals surface area contributed by atoms with E-state index in [1.165, 1.54) is 11.3 Å². The molecule has 0 aromatic carbocycles. The van der Waals surface area contributed by atoms with E-state index >= 15 is 0 Å². The van der Waals surface area contributed by atoms with E-state index in [4.69, 9.17) is 4.74 Å². The monoisotopic (exact) mass is 297 g/mol. The van der Waals surface area contributed by atoms with Gasteiger partial charge in [0.1, 0.15) is 11.6 Å². The van der Waals surface area contributed by atoms with Gasteiger partial charge in [-0.15, -0.1) is 0 Å². The number of hydrogen-bond acceptors (Lipinski definition) is 4. The van der Waals surface area contributed by atoms with Crippen molar-refractivity contribution in [3.63, 3.8) is 0 Å². The lowest BCUT2D eigenvalue weighted by molar-refractivity contribution is -0.158. The van der Waals surface area contributed by atoms with Crippen LogP contribution in [0.3, 0.4) is 0 Å². The van der Waals surface area contributed by atoms with Crippen LogP contribution >= 0.6 is 11.3 Å². The van der Waals surface area contributed by atoms with Crippen molar-refractivity contribution in [2.75, 3.05) is 0 Å². The lowest BCUT2D eigenvalue weighted by Gasteiger charge is -2.27. The molecule has 0 aliphatic heterocycles. The standard InChI is InChI=1S/C15H23NO3S/c1-6-10(2)12(14(18)19-15(3,4)5)16-13(17)11-7-8-20-9-11/h7-10,12H,6H2,1-5H3,(H,16,17)/t10-,12-/m0/s1. The molecule has 1 rings (SSSR count). The Hall–Kier alpha value is -1.36. The number of nitrogens with one attached hydrogen (secondary N) is 1. The Kier molecular flexibility index (Phi) is 5.74. The van der Waals surface area contributed by atoms with E-state index < -0.39 is 11.6 Å². The molecule has 0 radical (unpaired) electrons. The van der Waals surface area contributed by atoms with E-state index in [1.54, 1.807) is 11.4 Å². The molecule has 0 spiro atoms. The first-order chi connectivity index (χ1) is 9.24. The van der Waals surface area contributed by atoms with Gasteiger partial charge >= 0.3 is 5.97 Å². The van der Waals surface area contributed by atoms with Gasteiger partial charge in [0.2, 0.25) is 0 Å². The summed E-state index contributed by atoms with van der Waals surface area (Å²) in [4.78, 5) is 24.3. The molecule has 1 amide bonds. The summed E-state index contributed by atoms with van der Waals surface area (Å²) in [6, 6.07) is 1.12. The zero-order valence-electron chi connectivity index (χ0n) is 12.7. The maximum atomic E-state index is 12.2. The Morgan fingerprint density at radius 2 is 2.05 bits per heavy atom. The first-order valence-corrected chi connectivity index (χ1v) is 7.74. The fourth-order valence-corrected chi connectivity index (χ4v) is 2.29. The predicted molar refractivity (Wildman–Crippen MR) is 80.9 cm³/mol. The largest absolute Gasteiger partial charge is 0.458 e. The second kappa shape index (κ2) is 6.88. The van der Waals surface area contributed by atoms with Crippen LogP contribution in [-0.2, 0) is 9.53 Å². The molecule has 0 unspecified atom stereocenters. The van der Waals surface area contributed by atoms with Crippen LogP contribution < -0.4 is 5.32 Å². The molecule has 2 atom stereocenters. The zero-order chi connectivity index (χ0) is 15.3. The van der Waals surface area contributed by atoms with Crippen molar-refractivity contribution in [3.05, 3.63) is 22.4 Å². The molecular formula is C15H23NO3S. The second-order valence-corrected chi connectivity index (χ2v) is 6.66. The summed E-state index contributed by atoms with van der Waals surface area (Å²) in [7, 11) is 0. The van der Waals surface area contributed by atoms with E-state index in [-0.39, 0.29) is 17.8 Å². The van der Waals surface area contributed by atoms with Crippen molar-refractivity contribution in [3.8, 4) is 0 Å². The van der Waals surface area contributed by atoms with E-state index in [0.717, 1.165) is 6.42 Å². The summed E-state index contributed by atoms with van der Waals surface area (Å²) in [6.45, 7) is 9.37. The molecule has 0 aliphatic carbocycles. The van der Waals surface area contributed by atoms with Crippen molar-refractivity contribution in [2.24, 2.45) is 5.92 Å². The highest BCUT2D eigenvalue weighted by molar-refractivity contribution is 7.08. The van der Waals surface area contributed by atoms with Gasteiger partial charge in [0.05, 0.1) is 5.56 Å². The number of carbonyl (C=O) groups is 2. The first kappa shape index (κ1) is 16.7. The summed E-state index contributed by atoms with van der Waals surface area (Å²) in [5.41, 5.74) is 0.0162. The topological polar surface area (TPSA) is 55.4 Å². The SMILES string of the molecule is CC[C@H](C)[C@H](NC(=O)c1ccsc1)C(=O)OC(C)(C)C. The average Bonchev–Trinajstić information content (AvgIpc) is 2.86. The van der Waals surface area contributed by atoms with Gasteiger partial charge < -0.3 is 10.1 Å². The number of ether oxygens (including phenoxy) is 1. The highest BCUT2D eigenvalue weighted by atomic mass is 32.1. The minimum absolute atomic E-state index is 0.0208. The molecule has 1 aromatic rings. The van der Waals surface area contributed by atoms with Crippen molar-refractivity contribution in [1.29, 1.82) is 0 Å². The number of thiophene rings is 1. The van der Waals surface area contributed by atoms with Gasteiger partial charge in [-0.25, -0.2) is 4.79 Å². The molecule has 0 saturated carbocycles. The summed E-state index contributed by atoms with van der Waals surface area (Å²) in [6.07, 6.45) is 0.786. The third kappa shape index (κ3) is 4.96. The van der Waals surface area contributed by atoms with Gasteiger partial charge in [-0.2, -0.15) is 11.3 Å². The predicted octanol–water partition coefficient (Wildman–Crippen LogP) is 3.23. The van der Waals surface area contributed by atoms with Crippen LogP contribution in [0.25, 0.3) is 0 Å². The van der Waals surface area contributed by atoms with E-state index in [2.05, 4.69) is 5.32 Å². The van der Waals surface area contributed by atoms with Crippen LogP contribution in [0.1, 0.15) is 51.4 Å². The van der Waals surface area contributed by atoms with Crippen molar-refractivity contribution in [1.82, 2.24) is 5.32 Å². The van der Waals surface area contributed by atoms with Crippen LogP contribution in [-0.4, -0.2) is 23.5 Å². The van der Waals surface area contributed by atoms with Gasteiger partial charge in [-0.05, 0) is 38.1 Å². The normalized spacial score (nSPS) is 14.4. The molecule has 5 heteroatoms. The van der Waals surface area contributed by atoms with Gasteiger partial charge in [-0.3, -0.25) is 4.79 Å². The molecule has 4 nitrogen and oxygen atoms in total. The Morgan fingerprint density at radius 1 is 1.40 bits per heavy atom. The molecule has 1 heterocycles. The van der Waals surface area contributed by atoms with Gasteiger partial charge in [-0.1, -0.05) is 20.3 Å². The average molecular weight is 297 g/mol. The zero-order valence-corrected chi connectivity index (χ0v) is 13.5. The number of esters is 1. The van der Waals surface area contributed by atoms with Gasteiger partial charge in [0, 0.05) is 5.38 Å². The minimum atomic E-state index is -0.619. The summed E-state index contributed by atoms with van der Waals surface area (Å²) < 4.78 is 5.39. The number of hydrogen-bond donors (Lipinski definition) is 1. The second-order valence-electron chi connectivity index (χ2n) is 5.88. The molecule has 112 valence electrons. The number of amides is 1. The first-order valence-electron chi connectivity index (χ1n) is 6.80. The lowest BCUT2D eigenvalue weighted by atomic mass is 9.98. The molecule has 0 saturated heterocycles. The Labute approximate surface area is 124 Å². The van der Waals surface area contributed by atoms with Gasteiger partial charge in [0.25, 0.3) is 5.91 Å². The van der Waals surface area contributed by atoms with Crippen molar-refractivity contribution < 1.29 is 14.3 Å². The highest BCUT2D eigenvalue weighted by Gasteiger charge is 2.30. The number of rotatable bonds is 5. The third-order valence-electron chi connectivity index (χ3n) is 2.94. The smallest absolute Gasteiger partial charge is 0.329 e. The third-order valence-corrected chi connectivity index (χ3v) is 3.63. The quantitative estimate of drug-likeness (QED) is 0.849. The van der Waals surface area contributed by atoms with Gasteiger partial charge in [0.15, 0.2) is 0 Å². The van der Waals surface area contributed by atoms with E-state index in [0.29, 0.717) is 5.56 Å². The summed E-state index contributed by atoms with van der Waals surface area (Å²) >= 11 is 1.45. The van der Waals surface area contributed by atoms with Crippen molar-refractivity contribution >= 4 is 23.2 Å². The van der Waals surface area contributed by atoms with Crippen LogP contribution in [0.15, 0.2) is 16.8 Å². The molecule has 0 fully saturated rings. The summed E-state index contributed by atoms with van der Waals surface area (Å²) in [5, 5.41) is 6.38.